The van der Waals surface area contributed by atoms with Gasteiger partial charge in [0.05, 0.1) is 0 Å². The molecule has 100 valence electrons. The molecule has 0 aliphatic heterocycles. The van der Waals surface area contributed by atoms with Gasteiger partial charge in [-0.05, 0) is 29.7 Å². The Labute approximate surface area is 165 Å². The van der Waals surface area contributed by atoms with Crippen LogP contribution in [0.4, 0.5) is 0 Å². The molecular formula is C16H21Li3O2. The summed E-state index contributed by atoms with van der Waals surface area (Å²) in [6.07, 6.45) is 4.12. The number of hydrogen-bond donors (Lipinski definition) is 0. The Bertz CT molecular complexity index is 386. The maximum atomic E-state index is 11.8. The third kappa shape index (κ3) is 10.8. The van der Waals surface area contributed by atoms with Gasteiger partial charge in [-0.2, -0.15) is 0 Å². The maximum Gasteiger partial charge on any atom is 1.00 e. The first-order chi connectivity index (χ1) is 8.43. The van der Waals surface area contributed by atoms with Crippen molar-refractivity contribution in [3.05, 3.63) is 54.2 Å². The van der Waals surface area contributed by atoms with E-state index in [4.69, 9.17) is 0 Å². The molecule has 0 fully saturated rings. The molecule has 21 heavy (non-hydrogen) atoms. The van der Waals surface area contributed by atoms with Crippen LogP contribution in [-0.2, 0) is 0 Å². The predicted molar refractivity (Wildman–Crippen MR) is 76.1 cm³/mol. The fourth-order valence-electron chi connectivity index (χ4n) is 1.59. The minimum atomic E-state index is -0.361. The summed E-state index contributed by atoms with van der Waals surface area (Å²) >= 11 is 0. The summed E-state index contributed by atoms with van der Waals surface area (Å²) in [7, 11) is 0. The Morgan fingerprint density at radius 1 is 1.14 bits per heavy atom. The Hall–Kier alpha value is 0.512. The van der Waals surface area contributed by atoms with E-state index in [1.807, 2.05) is 57.5 Å². The van der Waals surface area contributed by atoms with Crippen LogP contribution in [0.2, 0.25) is 0 Å². The molecular weight excluding hydrogens is 245 g/mol. The van der Waals surface area contributed by atoms with Crippen molar-refractivity contribution in [1.82, 2.24) is 0 Å². The van der Waals surface area contributed by atoms with E-state index in [0.717, 1.165) is 5.56 Å². The summed E-state index contributed by atoms with van der Waals surface area (Å²) in [6.45, 7) is 5.47. The number of rotatable bonds is 5. The van der Waals surface area contributed by atoms with Gasteiger partial charge in [0.1, 0.15) is 0 Å². The van der Waals surface area contributed by atoms with Gasteiger partial charge < -0.3 is 10.2 Å². The molecule has 1 unspecified atom stereocenters. The molecule has 5 heteroatoms. The summed E-state index contributed by atoms with van der Waals surface area (Å²) in [5, 5.41) is 22.9. The van der Waals surface area contributed by atoms with Crippen LogP contribution in [0.1, 0.15) is 32.8 Å². The van der Waals surface area contributed by atoms with Gasteiger partial charge in [0.25, 0.3) is 0 Å². The van der Waals surface area contributed by atoms with Crippen molar-refractivity contribution in [3.63, 3.8) is 0 Å². The van der Waals surface area contributed by atoms with Crippen LogP contribution >= 0.6 is 0 Å². The zero-order valence-corrected chi connectivity index (χ0v) is 14.3. The van der Waals surface area contributed by atoms with Gasteiger partial charge in [0.15, 0.2) is 0 Å². The van der Waals surface area contributed by atoms with Crippen molar-refractivity contribution < 1.29 is 47.9 Å². The smallest absolute Gasteiger partial charge is 0.875 e. The molecule has 1 rings (SSSR count). The molecule has 0 saturated carbocycles. The normalized spacial score (nSPS) is 12.5. The zero-order chi connectivity index (χ0) is 13.6. The molecule has 1 aromatic rings. The molecule has 2 radical (unpaired) electrons. The second-order valence-electron chi connectivity index (χ2n) is 5.56. The number of benzene rings is 1. The van der Waals surface area contributed by atoms with Crippen LogP contribution in [0.5, 0.6) is 0 Å². The number of hydrogen-bond acceptors (Lipinski definition) is 2. The molecule has 2 nitrogen and oxygen atoms in total. The predicted octanol–water partition coefficient (Wildman–Crippen LogP) is -4.48. The zero-order valence-electron chi connectivity index (χ0n) is 14.3. The minimum Gasteiger partial charge on any atom is -0.875 e. The largest absolute Gasteiger partial charge is 1.00 e. The van der Waals surface area contributed by atoms with E-state index in [1.165, 1.54) is 0 Å². The van der Waals surface area contributed by atoms with Crippen LogP contribution in [0.3, 0.4) is 0 Å². The van der Waals surface area contributed by atoms with E-state index < -0.39 is 0 Å². The Balaban J connectivity index is -0.00000108. The van der Waals surface area contributed by atoms with Crippen LogP contribution < -0.4 is 47.9 Å². The van der Waals surface area contributed by atoms with Gasteiger partial charge in [0, 0.05) is 18.9 Å². The molecule has 0 amide bonds. The van der Waals surface area contributed by atoms with Gasteiger partial charge in [-0.1, -0.05) is 57.2 Å². The summed E-state index contributed by atoms with van der Waals surface area (Å²) in [5.74, 6) is -0.0129. The van der Waals surface area contributed by atoms with E-state index in [0.29, 0.717) is 6.42 Å². The summed E-state index contributed by atoms with van der Waals surface area (Å²) in [4.78, 5) is 0. The molecule has 0 spiro atoms. The van der Waals surface area contributed by atoms with Gasteiger partial charge in [-0.25, -0.2) is 0 Å². The Morgan fingerprint density at radius 2 is 1.67 bits per heavy atom. The van der Waals surface area contributed by atoms with E-state index in [9.17, 15) is 10.2 Å². The van der Waals surface area contributed by atoms with Gasteiger partial charge in [0.2, 0.25) is 0 Å². The first-order valence-electron chi connectivity index (χ1n) is 6.29. The second-order valence-corrected chi connectivity index (χ2v) is 5.56. The van der Waals surface area contributed by atoms with E-state index in [2.05, 4.69) is 0 Å². The van der Waals surface area contributed by atoms with Crippen molar-refractivity contribution >= 4 is 18.9 Å². The monoisotopic (exact) mass is 266 g/mol. The standard InChI is InChI=1S/C16H22O2.3Li/c1-16(2,3)15(18)10-9-14(12-17)11-13-7-5-4-6-8-13;;;/h4-8,10-11,14,18H,9,12H2,1-3H3;;;/q-1;;2*+1/p-1/b15-10-;;;. The van der Waals surface area contributed by atoms with Crippen molar-refractivity contribution in [1.29, 1.82) is 0 Å². The maximum absolute atomic E-state index is 11.8. The van der Waals surface area contributed by atoms with Gasteiger partial charge >= 0.3 is 37.7 Å². The quantitative estimate of drug-likeness (QED) is 0.398. The average molecular weight is 266 g/mol. The van der Waals surface area contributed by atoms with E-state index >= 15 is 0 Å². The third-order valence-electron chi connectivity index (χ3n) is 2.79. The van der Waals surface area contributed by atoms with Crippen LogP contribution in [-0.4, -0.2) is 25.5 Å². The summed E-state index contributed by atoms with van der Waals surface area (Å²) in [5.41, 5.74) is 0.676. The van der Waals surface area contributed by atoms with E-state index in [-0.39, 0.29) is 80.3 Å². The Kier molecular flexibility index (Phi) is 16.3. The molecule has 0 heterocycles. The first kappa shape index (κ1) is 26.4. The van der Waals surface area contributed by atoms with Gasteiger partial charge in [-0.3, -0.25) is 0 Å². The van der Waals surface area contributed by atoms with Crippen molar-refractivity contribution in [2.45, 2.75) is 27.2 Å². The molecule has 0 N–H and O–H groups in total. The van der Waals surface area contributed by atoms with E-state index in [1.54, 1.807) is 6.08 Å². The molecule has 1 atom stereocenters. The second kappa shape index (κ2) is 13.0. The van der Waals surface area contributed by atoms with Crippen molar-refractivity contribution in [2.75, 3.05) is 6.61 Å². The molecule has 0 aromatic heterocycles. The van der Waals surface area contributed by atoms with Crippen molar-refractivity contribution in [3.8, 4) is 0 Å². The summed E-state index contributed by atoms with van der Waals surface area (Å²) in [6, 6.07) is 9.76. The molecule has 0 aliphatic carbocycles. The van der Waals surface area contributed by atoms with Crippen LogP contribution in [0.15, 0.2) is 42.2 Å². The van der Waals surface area contributed by atoms with Gasteiger partial charge in [-0.15, -0.1) is 12.4 Å². The van der Waals surface area contributed by atoms with Crippen molar-refractivity contribution in [2.24, 2.45) is 11.3 Å². The van der Waals surface area contributed by atoms with Crippen LogP contribution in [0, 0.1) is 17.8 Å². The molecule has 0 saturated heterocycles. The topological polar surface area (TPSA) is 46.1 Å². The first-order valence-corrected chi connectivity index (χ1v) is 6.29. The average Bonchev–Trinajstić information content (AvgIpc) is 2.34. The minimum absolute atomic E-state index is 0. The number of allylic oxidation sites excluding steroid dienone is 2. The third-order valence-corrected chi connectivity index (χ3v) is 2.79. The molecule has 0 aliphatic rings. The fourth-order valence-corrected chi connectivity index (χ4v) is 1.59. The Morgan fingerprint density at radius 3 is 2.10 bits per heavy atom. The summed E-state index contributed by atoms with van der Waals surface area (Å²) < 4.78 is 0. The van der Waals surface area contributed by atoms with Crippen LogP contribution in [0.25, 0.3) is 0 Å². The SMILES string of the molecule is CC(C)(C)/C([O-])=C/CC([CH]c1ccccc1)C[O-].[Li+].[Li+].[Li]. The molecule has 1 aromatic carbocycles. The molecule has 0 bridgehead atoms. The fraction of sp³-hybridized carbons (Fsp3) is 0.438.